The quantitative estimate of drug-likeness (QED) is 0.194. The number of para-hydroxylation sites is 2. The summed E-state index contributed by atoms with van der Waals surface area (Å²) in [5, 5.41) is 11.3. The van der Waals surface area contributed by atoms with Crippen LogP contribution in [-0.2, 0) is 6.54 Å². The summed E-state index contributed by atoms with van der Waals surface area (Å²) < 4.78 is 49.1. The predicted molar refractivity (Wildman–Crippen MR) is 176 cm³/mol. The van der Waals surface area contributed by atoms with Crippen molar-refractivity contribution in [3.63, 3.8) is 0 Å². The molecule has 0 unspecified atom stereocenters. The molecule has 0 saturated carbocycles. The summed E-state index contributed by atoms with van der Waals surface area (Å²) in [6.45, 7) is 2.84. The smallest absolute Gasteiger partial charge is 0.406 e. The number of rotatable bonds is 11. The van der Waals surface area contributed by atoms with Gasteiger partial charge in [0.25, 0.3) is 5.91 Å². The molecule has 11 nitrogen and oxygen atoms in total. The lowest BCUT2D eigenvalue weighted by Gasteiger charge is -2.28. The summed E-state index contributed by atoms with van der Waals surface area (Å²) in [5.74, 6) is 0.675. The lowest BCUT2D eigenvalue weighted by molar-refractivity contribution is -0.139. The summed E-state index contributed by atoms with van der Waals surface area (Å²) in [7, 11) is 3.32. The summed E-state index contributed by atoms with van der Waals surface area (Å²) >= 11 is 0. The molecular weight excluding hydrogens is 623 g/mol. The van der Waals surface area contributed by atoms with Gasteiger partial charge in [-0.3, -0.25) is 4.79 Å². The number of amides is 1. The van der Waals surface area contributed by atoms with Crippen LogP contribution in [0.5, 0.6) is 5.75 Å². The summed E-state index contributed by atoms with van der Waals surface area (Å²) in [6.07, 6.45) is -1.32. The molecule has 252 valence electrons. The number of tetrazole rings is 1. The van der Waals surface area contributed by atoms with Gasteiger partial charge >= 0.3 is 6.18 Å². The Labute approximate surface area is 276 Å². The van der Waals surface area contributed by atoms with Crippen molar-refractivity contribution in [1.29, 1.82) is 0 Å². The van der Waals surface area contributed by atoms with Gasteiger partial charge in [-0.25, -0.2) is 9.67 Å². The molecule has 3 aromatic carbocycles. The monoisotopic (exact) mass is 661 g/mol. The number of halogens is 3. The van der Waals surface area contributed by atoms with Gasteiger partial charge in [-0.1, -0.05) is 42.5 Å². The molecule has 2 aromatic heterocycles. The van der Waals surface area contributed by atoms with E-state index < -0.39 is 12.7 Å². The summed E-state index contributed by atoms with van der Waals surface area (Å²) in [4.78, 5) is 24.5. The third-order valence-corrected chi connectivity index (χ3v) is 8.78. The maximum atomic E-state index is 13.8. The number of fused-ring (bicyclic) bond motifs is 1. The van der Waals surface area contributed by atoms with Crippen molar-refractivity contribution in [1.82, 2.24) is 39.6 Å². The van der Waals surface area contributed by atoms with Gasteiger partial charge in [0.2, 0.25) is 5.95 Å². The standard InChI is InChI=1S/C34H38F3N9O2/c1-42(32(47)28-21-27(13-14-31(28)48-2)46-24-38-40-41-46)22-26(25-9-4-3-5-10-25)15-18-43-16-8-17-44(20-19-43)33-39-29-11-6-7-12-30(29)45(33)23-34(35,36)37/h3-7,9-14,21,24,26H,8,15-20,22-23H2,1-2H3/t26-/m1/s1. The molecule has 14 heteroatoms. The second-order valence-corrected chi connectivity index (χ2v) is 12.0. The number of benzene rings is 3. The molecule has 1 fully saturated rings. The minimum Gasteiger partial charge on any atom is -0.496 e. The summed E-state index contributed by atoms with van der Waals surface area (Å²) in [6, 6.07) is 22.3. The average Bonchev–Trinajstić information content (AvgIpc) is 3.69. The number of hydrogen-bond donors (Lipinski definition) is 0. The number of methoxy groups -OCH3 is 1. The Bertz CT molecular complexity index is 1810. The minimum absolute atomic E-state index is 0.0455. The molecule has 1 saturated heterocycles. The van der Waals surface area contributed by atoms with E-state index in [1.807, 2.05) is 23.1 Å². The first kappa shape index (κ1) is 32.9. The molecule has 0 radical (unpaired) electrons. The van der Waals surface area contributed by atoms with E-state index in [4.69, 9.17) is 4.74 Å². The van der Waals surface area contributed by atoms with Crippen LogP contribution >= 0.6 is 0 Å². The number of hydrogen-bond acceptors (Lipinski definition) is 8. The first-order valence-corrected chi connectivity index (χ1v) is 15.9. The Morgan fingerprint density at radius 3 is 2.54 bits per heavy atom. The molecule has 0 N–H and O–H groups in total. The van der Waals surface area contributed by atoms with E-state index in [9.17, 15) is 18.0 Å². The van der Waals surface area contributed by atoms with E-state index in [-0.39, 0.29) is 11.8 Å². The average molecular weight is 662 g/mol. The molecular formula is C34H38F3N9O2. The minimum atomic E-state index is -4.36. The number of imidazole rings is 1. The third kappa shape index (κ3) is 7.59. The number of alkyl halides is 3. The van der Waals surface area contributed by atoms with Crippen LogP contribution in [0.4, 0.5) is 19.1 Å². The maximum absolute atomic E-state index is 13.8. The fourth-order valence-corrected chi connectivity index (χ4v) is 6.37. The van der Waals surface area contributed by atoms with Crippen LogP contribution in [0.1, 0.15) is 34.7 Å². The van der Waals surface area contributed by atoms with Crippen LogP contribution in [0, 0.1) is 0 Å². The van der Waals surface area contributed by atoms with E-state index in [1.54, 1.807) is 54.4 Å². The molecule has 6 rings (SSSR count). The Morgan fingerprint density at radius 2 is 1.79 bits per heavy atom. The van der Waals surface area contributed by atoms with Crippen LogP contribution < -0.4 is 9.64 Å². The predicted octanol–water partition coefficient (Wildman–Crippen LogP) is 5.04. The number of carbonyl (C=O) groups excluding carboxylic acids is 1. The number of carbonyl (C=O) groups is 1. The summed E-state index contributed by atoms with van der Waals surface area (Å²) in [5.41, 5.74) is 3.21. The molecule has 48 heavy (non-hydrogen) atoms. The Balaban J connectivity index is 1.14. The second-order valence-electron chi connectivity index (χ2n) is 12.0. The van der Waals surface area contributed by atoms with Crippen molar-refractivity contribution < 1.29 is 22.7 Å². The van der Waals surface area contributed by atoms with Gasteiger partial charge in [0.05, 0.1) is 29.4 Å². The zero-order chi connectivity index (χ0) is 33.7. The van der Waals surface area contributed by atoms with Crippen molar-refractivity contribution in [3.8, 4) is 11.4 Å². The molecule has 3 heterocycles. The van der Waals surface area contributed by atoms with E-state index in [2.05, 4.69) is 37.5 Å². The van der Waals surface area contributed by atoms with Gasteiger partial charge in [-0.05, 0) is 72.3 Å². The van der Waals surface area contributed by atoms with Crippen LogP contribution in [0.3, 0.4) is 0 Å². The number of ether oxygens (including phenoxy) is 1. The highest BCUT2D eigenvalue weighted by Crippen LogP contribution is 2.29. The fourth-order valence-electron chi connectivity index (χ4n) is 6.37. The number of anilines is 1. The third-order valence-electron chi connectivity index (χ3n) is 8.78. The maximum Gasteiger partial charge on any atom is 0.406 e. The van der Waals surface area contributed by atoms with Crippen LogP contribution in [0.2, 0.25) is 0 Å². The molecule has 1 amide bonds. The topological polar surface area (TPSA) is 97.4 Å². The Morgan fingerprint density at radius 1 is 1.00 bits per heavy atom. The van der Waals surface area contributed by atoms with Crippen LogP contribution in [0.15, 0.2) is 79.1 Å². The highest BCUT2D eigenvalue weighted by atomic mass is 19.4. The molecule has 1 aliphatic rings. The van der Waals surface area contributed by atoms with E-state index >= 15 is 0 Å². The van der Waals surface area contributed by atoms with Gasteiger partial charge in [0.15, 0.2) is 0 Å². The molecule has 0 bridgehead atoms. The SMILES string of the molecule is COc1ccc(-n2cnnn2)cc1C(=O)N(C)C[C@@H](CCN1CCCN(c2nc3ccccc3n2CC(F)(F)F)CC1)c1ccccc1. The lowest BCUT2D eigenvalue weighted by atomic mass is 9.94. The molecule has 1 aliphatic heterocycles. The van der Waals surface area contributed by atoms with E-state index in [0.717, 1.165) is 31.5 Å². The second kappa shape index (κ2) is 14.4. The van der Waals surface area contributed by atoms with E-state index in [1.165, 1.54) is 22.7 Å². The lowest BCUT2D eigenvalue weighted by Crippen LogP contribution is -2.35. The number of likely N-dealkylation sites (N-methyl/N-ethyl adjacent to an activating group) is 1. The first-order chi connectivity index (χ1) is 23.2. The fraction of sp³-hybridized carbons (Fsp3) is 0.382. The van der Waals surface area contributed by atoms with Gasteiger partial charge in [0.1, 0.15) is 18.6 Å². The highest BCUT2D eigenvalue weighted by molar-refractivity contribution is 5.97. The van der Waals surface area contributed by atoms with Gasteiger partial charge < -0.3 is 24.0 Å². The normalized spacial score (nSPS) is 15.0. The van der Waals surface area contributed by atoms with Crippen molar-refractivity contribution >= 4 is 22.9 Å². The van der Waals surface area contributed by atoms with E-state index in [0.29, 0.717) is 60.2 Å². The van der Waals surface area contributed by atoms with Crippen molar-refractivity contribution in [2.24, 2.45) is 0 Å². The molecule has 1 atom stereocenters. The van der Waals surface area contributed by atoms with Gasteiger partial charge in [-0.2, -0.15) is 13.2 Å². The highest BCUT2D eigenvalue weighted by Gasteiger charge is 2.32. The van der Waals surface area contributed by atoms with Gasteiger partial charge in [-0.15, -0.1) is 5.10 Å². The molecule has 0 aliphatic carbocycles. The molecule has 5 aromatic rings. The van der Waals surface area contributed by atoms with Crippen molar-refractivity contribution in [3.05, 3.63) is 90.3 Å². The first-order valence-electron chi connectivity index (χ1n) is 15.9. The number of aromatic nitrogens is 6. The zero-order valence-electron chi connectivity index (χ0n) is 26.9. The largest absolute Gasteiger partial charge is 0.496 e. The van der Waals surface area contributed by atoms with Gasteiger partial charge in [0, 0.05) is 39.1 Å². The Hall–Kier alpha value is -4.98. The van der Waals surface area contributed by atoms with Crippen LogP contribution in [0.25, 0.3) is 16.7 Å². The zero-order valence-corrected chi connectivity index (χ0v) is 26.9. The molecule has 0 spiro atoms. The van der Waals surface area contributed by atoms with Crippen molar-refractivity contribution in [2.45, 2.75) is 31.5 Å². The number of nitrogens with zero attached hydrogens (tertiary/aromatic N) is 9. The van der Waals surface area contributed by atoms with Crippen molar-refractivity contribution in [2.75, 3.05) is 58.3 Å². The van der Waals surface area contributed by atoms with Crippen LogP contribution in [-0.4, -0.2) is 105 Å². The Kier molecular flexibility index (Phi) is 9.90.